The maximum atomic E-state index is 10.7. The van der Waals surface area contributed by atoms with Gasteiger partial charge in [0.2, 0.25) is 0 Å². The molecule has 1 saturated heterocycles. The Hall–Kier alpha value is -0.830. The fourth-order valence-electron chi connectivity index (χ4n) is 3.58. The zero-order chi connectivity index (χ0) is 12.4. The molecule has 1 aliphatic heterocycles. The highest BCUT2D eigenvalue weighted by atomic mass is 32.1. The molecule has 98 valence electrons. The van der Waals surface area contributed by atoms with E-state index in [1.54, 1.807) is 11.3 Å². The maximum absolute atomic E-state index is 10.7. The number of carbonyl (C=O) groups excluding carboxylic acids is 1. The standard InChI is InChI=1S/C15H21NOS/c17-12-13-4-5-14(18-13)16-10-8-15(9-11-16)6-2-1-3-7-15/h4-5,12H,1-3,6-11H2. The van der Waals surface area contributed by atoms with Gasteiger partial charge in [-0.2, -0.15) is 0 Å². The molecule has 0 aromatic carbocycles. The molecule has 1 aromatic rings. The third-order valence-corrected chi connectivity index (χ3v) is 5.85. The minimum absolute atomic E-state index is 0.666. The van der Waals surface area contributed by atoms with E-state index >= 15 is 0 Å². The van der Waals surface area contributed by atoms with Gasteiger partial charge in [0.1, 0.15) is 0 Å². The minimum atomic E-state index is 0.666. The van der Waals surface area contributed by atoms with Crippen molar-refractivity contribution in [2.24, 2.45) is 5.41 Å². The van der Waals surface area contributed by atoms with Crippen molar-refractivity contribution in [3.63, 3.8) is 0 Å². The van der Waals surface area contributed by atoms with E-state index in [9.17, 15) is 4.79 Å². The maximum Gasteiger partial charge on any atom is 0.160 e. The van der Waals surface area contributed by atoms with Crippen molar-refractivity contribution in [2.45, 2.75) is 44.9 Å². The van der Waals surface area contributed by atoms with Gasteiger partial charge in [-0.05, 0) is 43.2 Å². The first-order valence-corrected chi connectivity index (χ1v) is 7.93. The van der Waals surface area contributed by atoms with Crippen molar-refractivity contribution in [1.82, 2.24) is 0 Å². The van der Waals surface area contributed by atoms with Crippen LogP contribution in [0.4, 0.5) is 5.00 Å². The zero-order valence-electron chi connectivity index (χ0n) is 10.9. The lowest BCUT2D eigenvalue weighted by molar-refractivity contribution is 0.112. The summed E-state index contributed by atoms with van der Waals surface area (Å²) in [6, 6.07) is 4.05. The number of piperidine rings is 1. The SMILES string of the molecule is O=Cc1ccc(N2CCC3(CCCCC3)CC2)s1. The summed E-state index contributed by atoms with van der Waals surface area (Å²) in [7, 11) is 0. The van der Waals surface area contributed by atoms with Gasteiger partial charge >= 0.3 is 0 Å². The molecule has 0 bridgehead atoms. The van der Waals surface area contributed by atoms with Gasteiger partial charge in [0, 0.05) is 13.1 Å². The molecule has 3 heteroatoms. The van der Waals surface area contributed by atoms with E-state index in [-0.39, 0.29) is 0 Å². The van der Waals surface area contributed by atoms with Crippen LogP contribution in [0.5, 0.6) is 0 Å². The Labute approximate surface area is 113 Å². The topological polar surface area (TPSA) is 20.3 Å². The van der Waals surface area contributed by atoms with Gasteiger partial charge in [-0.25, -0.2) is 0 Å². The number of rotatable bonds is 2. The van der Waals surface area contributed by atoms with Crippen LogP contribution >= 0.6 is 11.3 Å². The second kappa shape index (κ2) is 5.04. The lowest BCUT2D eigenvalue weighted by atomic mass is 9.68. The fourth-order valence-corrected chi connectivity index (χ4v) is 4.45. The Morgan fingerprint density at radius 1 is 1.06 bits per heavy atom. The van der Waals surface area contributed by atoms with Gasteiger partial charge in [-0.3, -0.25) is 4.79 Å². The molecule has 2 heterocycles. The van der Waals surface area contributed by atoms with Crippen molar-refractivity contribution in [3.05, 3.63) is 17.0 Å². The van der Waals surface area contributed by atoms with Gasteiger partial charge in [-0.15, -0.1) is 11.3 Å². The van der Waals surface area contributed by atoms with Crippen LogP contribution in [-0.4, -0.2) is 19.4 Å². The zero-order valence-corrected chi connectivity index (χ0v) is 11.7. The van der Waals surface area contributed by atoms with E-state index in [0.29, 0.717) is 5.41 Å². The lowest BCUT2D eigenvalue weighted by Crippen LogP contribution is -2.40. The molecular weight excluding hydrogens is 242 g/mol. The average molecular weight is 263 g/mol. The number of anilines is 1. The van der Waals surface area contributed by atoms with Gasteiger partial charge in [0.15, 0.2) is 6.29 Å². The molecule has 0 N–H and O–H groups in total. The highest BCUT2D eigenvalue weighted by Gasteiger charge is 2.35. The Balaban J connectivity index is 1.64. The molecule has 3 rings (SSSR count). The minimum Gasteiger partial charge on any atom is -0.363 e. The Morgan fingerprint density at radius 2 is 1.78 bits per heavy atom. The van der Waals surface area contributed by atoms with Crippen molar-refractivity contribution >= 4 is 22.6 Å². The van der Waals surface area contributed by atoms with Crippen molar-refractivity contribution in [3.8, 4) is 0 Å². The molecule has 18 heavy (non-hydrogen) atoms. The second-order valence-corrected chi connectivity index (χ2v) is 6.94. The summed E-state index contributed by atoms with van der Waals surface area (Å²) in [5.41, 5.74) is 0.666. The van der Waals surface area contributed by atoms with Crippen LogP contribution < -0.4 is 4.90 Å². The average Bonchev–Trinajstić information content (AvgIpc) is 2.89. The fraction of sp³-hybridized carbons (Fsp3) is 0.667. The predicted molar refractivity (Wildman–Crippen MR) is 76.7 cm³/mol. The van der Waals surface area contributed by atoms with E-state index in [1.807, 2.05) is 6.07 Å². The smallest absolute Gasteiger partial charge is 0.160 e. The third kappa shape index (κ3) is 2.33. The van der Waals surface area contributed by atoms with Gasteiger partial charge in [0.25, 0.3) is 0 Å². The van der Waals surface area contributed by atoms with E-state index in [4.69, 9.17) is 0 Å². The number of hydrogen-bond donors (Lipinski definition) is 0. The lowest BCUT2D eigenvalue weighted by Gasteiger charge is -2.44. The highest BCUT2D eigenvalue weighted by Crippen LogP contribution is 2.45. The Morgan fingerprint density at radius 3 is 2.39 bits per heavy atom. The van der Waals surface area contributed by atoms with Gasteiger partial charge in [-0.1, -0.05) is 19.3 Å². The van der Waals surface area contributed by atoms with E-state index in [2.05, 4.69) is 11.0 Å². The van der Waals surface area contributed by atoms with Crippen molar-refractivity contribution in [2.75, 3.05) is 18.0 Å². The normalized spacial score (nSPS) is 23.2. The monoisotopic (exact) mass is 263 g/mol. The van der Waals surface area contributed by atoms with E-state index in [0.717, 1.165) is 11.2 Å². The van der Waals surface area contributed by atoms with Crippen LogP contribution in [0, 0.1) is 5.41 Å². The summed E-state index contributed by atoms with van der Waals surface area (Å²) in [6.07, 6.45) is 10.9. The first kappa shape index (κ1) is 12.2. The van der Waals surface area contributed by atoms with Crippen LogP contribution in [0.2, 0.25) is 0 Å². The molecule has 1 aromatic heterocycles. The van der Waals surface area contributed by atoms with E-state index in [1.165, 1.54) is 63.0 Å². The Bertz CT molecular complexity index is 410. The van der Waals surface area contributed by atoms with Crippen LogP contribution in [0.25, 0.3) is 0 Å². The summed E-state index contributed by atoms with van der Waals surface area (Å²) >= 11 is 1.63. The largest absolute Gasteiger partial charge is 0.363 e. The van der Waals surface area contributed by atoms with Crippen molar-refractivity contribution in [1.29, 1.82) is 0 Å². The summed E-state index contributed by atoms with van der Waals surface area (Å²) < 4.78 is 0. The number of nitrogens with zero attached hydrogens (tertiary/aromatic N) is 1. The van der Waals surface area contributed by atoms with Crippen LogP contribution in [0.15, 0.2) is 12.1 Å². The molecule has 2 nitrogen and oxygen atoms in total. The van der Waals surface area contributed by atoms with Gasteiger partial charge in [0.05, 0.1) is 9.88 Å². The van der Waals surface area contributed by atoms with Crippen LogP contribution in [-0.2, 0) is 0 Å². The molecule has 1 aliphatic carbocycles. The number of hydrogen-bond acceptors (Lipinski definition) is 3. The highest BCUT2D eigenvalue weighted by molar-refractivity contribution is 7.17. The number of thiophene rings is 1. The molecule has 2 aliphatic rings. The summed E-state index contributed by atoms with van der Waals surface area (Å²) in [5, 5.41) is 1.28. The summed E-state index contributed by atoms with van der Waals surface area (Å²) in [6.45, 7) is 2.36. The summed E-state index contributed by atoms with van der Waals surface area (Å²) in [5.74, 6) is 0. The second-order valence-electron chi connectivity index (χ2n) is 5.84. The van der Waals surface area contributed by atoms with Crippen LogP contribution in [0.1, 0.15) is 54.6 Å². The molecule has 0 radical (unpaired) electrons. The molecule has 2 fully saturated rings. The number of carbonyl (C=O) groups is 1. The molecule has 0 amide bonds. The first-order chi connectivity index (χ1) is 8.81. The molecule has 1 spiro atoms. The van der Waals surface area contributed by atoms with Crippen LogP contribution in [0.3, 0.4) is 0 Å². The quantitative estimate of drug-likeness (QED) is 0.748. The molecule has 1 saturated carbocycles. The van der Waals surface area contributed by atoms with E-state index < -0.39 is 0 Å². The third-order valence-electron chi connectivity index (χ3n) is 4.78. The molecular formula is C15H21NOS. The number of aldehydes is 1. The Kier molecular flexibility index (Phi) is 3.42. The molecule has 0 unspecified atom stereocenters. The van der Waals surface area contributed by atoms with Crippen molar-refractivity contribution < 1.29 is 4.79 Å². The predicted octanol–water partition coefficient (Wildman–Crippen LogP) is 4.11. The first-order valence-electron chi connectivity index (χ1n) is 7.11. The van der Waals surface area contributed by atoms with Gasteiger partial charge < -0.3 is 4.90 Å². The summed E-state index contributed by atoms with van der Waals surface area (Å²) in [4.78, 5) is 14.1. The molecule has 0 atom stereocenters.